The zero-order valence-electron chi connectivity index (χ0n) is 9.14. The number of hydrogen-bond acceptors (Lipinski definition) is 3. The third kappa shape index (κ3) is 2.32. The molecule has 0 spiro atoms. The summed E-state index contributed by atoms with van der Waals surface area (Å²) in [6.07, 6.45) is 1.78. The number of carbonyl (C=O) groups is 1. The molecular weight excluding hydrogens is 224 g/mol. The topological polar surface area (TPSA) is 43.4 Å². The van der Waals surface area contributed by atoms with Gasteiger partial charge in [-0.25, -0.2) is 0 Å². The second-order valence-corrected chi connectivity index (χ2v) is 5.61. The van der Waals surface area contributed by atoms with Crippen LogP contribution < -0.4 is 4.74 Å². The van der Waals surface area contributed by atoms with Crippen molar-refractivity contribution in [2.75, 3.05) is 7.11 Å². The van der Waals surface area contributed by atoms with E-state index in [1.54, 1.807) is 31.4 Å². The van der Waals surface area contributed by atoms with Crippen molar-refractivity contribution in [3.05, 3.63) is 24.3 Å². The van der Waals surface area contributed by atoms with E-state index < -0.39 is 10.8 Å². The van der Waals surface area contributed by atoms with E-state index in [4.69, 9.17) is 4.74 Å². The van der Waals surface area contributed by atoms with Crippen molar-refractivity contribution >= 4 is 16.6 Å². The van der Waals surface area contributed by atoms with Gasteiger partial charge in [-0.15, -0.1) is 0 Å². The van der Waals surface area contributed by atoms with Crippen LogP contribution in [0.2, 0.25) is 0 Å². The fourth-order valence-electron chi connectivity index (χ4n) is 1.87. The molecule has 0 aromatic heterocycles. The number of Topliss-reactive ketones (excluding diaryl/α,β-unsaturated/α-hetero) is 1. The first-order chi connectivity index (χ1) is 7.70. The highest BCUT2D eigenvalue weighted by atomic mass is 32.2. The summed E-state index contributed by atoms with van der Waals surface area (Å²) in [5.41, 5.74) is 0. The largest absolute Gasteiger partial charge is 0.497 e. The Balaban J connectivity index is 2.11. The lowest BCUT2D eigenvalue weighted by Gasteiger charge is -2.08. The van der Waals surface area contributed by atoms with Gasteiger partial charge in [-0.2, -0.15) is 0 Å². The summed E-state index contributed by atoms with van der Waals surface area (Å²) in [6.45, 7) is 0. The number of methoxy groups -OCH3 is 1. The molecule has 1 fully saturated rings. The van der Waals surface area contributed by atoms with E-state index in [2.05, 4.69) is 0 Å². The van der Waals surface area contributed by atoms with Crippen molar-refractivity contribution in [3.63, 3.8) is 0 Å². The number of hydrogen-bond donors (Lipinski definition) is 0. The van der Waals surface area contributed by atoms with Crippen molar-refractivity contribution in [2.45, 2.75) is 29.4 Å². The zero-order chi connectivity index (χ0) is 11.5. The molecule has 0 aliphatic heterocycles. The van der Waals surface area contributed by atoms with Crippen molar-refractivity contribution in [1.29, 1.82) is 0 Å². The van der Waals surface area contributed by atoms with Crippen LogP contribution in [0.15, 0.2) is 29.2 Å². The second kappa shape index (κ2) is 4.78. The van der Waals surface area contributed by atoms with Crippen LogP contribution in [0.25, 0.3) is 0 Å². The van der Waals surface area contributed by atoms with Crippen molar-refractivity contribution in [3.8, 4) is 5.75 Å². The van der Waals surface area contributed by atoms with Crippen molar-refractivity contribution in [1.82, 2.24) is 0 Å². The molecule has 1 aromatic rings. The minimum Gasteiger partial charge on any atom is -0.497 e. The first-order valence-corrected chi connectivity index (χ1v) is 6.48. The summed E-state index contributed by atoms with van der Waals surface area (Å²) in [6, 6.07) is 7.20. The molecule has 0 N–H and O–H groups in total. The van der Waals surface area contributed by atoms with Crippen molar-refractivity contribution in [2.24, 2.45) is 0 Å². The average Bonchev–Trinajstić information content (AvgIpc) is 2.75. The third-order valence-electron chi connectivity index (χ3n) is 2.79. The number of ether oxygens (including phenoxy) is 1. The van der Waals surface area contributed by atoms with Crippen LogP contribution in [-0.4, -0.2) is 22.4 Å². The first-order valence-electron chi connectivity index (χ1n) is 5.27. The van der Waals surface area contributed by atoms with Crippen LogP contribution in [0.3, 0.4) is 0 Å². The van der Waals surface area contributed by atoms with Crippen LogP contribution >= 0.6 is 0 Å². The predicted octanol–water partition coefficient (Wildman–Crippen LogP) is 1.92. The first kappa shape index (κ1) is 11.3. The second-order valence-electron chi connectivity index (χ2n) is 3.88. The van der Waals surface area contributed by atoms with Crippen LogP contribution in [-0.2, 0) is 15.6 Å². The summed E-state index contributed by atoms with van der Waals surface area (Å²) in [7, 11) is 0.533. The van der Waals surface area contributed by atoms with E-state index in [0.29, 0.717) is 12.8 Å². The van der Waals surface area contributed by atoms with Crippen LogP contribution in [0.4, 0.5) is 0 Å². The highest BCUT2D eigenvalue weighted by Gasteiger charge is 2.27. The van der Waals surface area contributed by atoms with Gasteiger partial charge in [0.2, 0.25) is 0 Å². The highest BCUT2D eigenvalue weighted by molar-refractivity contribution is 7.85. The fourth-order valence-corrected chi connectivity index (χ4v) is 3.32. The van der Waals surface area contributed by atoms with E-state index in [0.717, 1.165) is 17.1 Å². The molecule has 1 aliphatic carbocycles. The number of rotatable bonds is 3. The maximum absolute atomic E-state index is 12.1. The van der Waals surface area contributed by atoms with Gasteiger partial charge >= 0.3 is 0 Å². The summed E-state index contributed by atoms with van der Waals surface area (Å²) in [5, 5.41) is 0.000829. The molecule has 2 rings (SSSR count). The maximum atomic E-state index is 12.1. The molecule has 0 radical (unpaired) electrons. The molecule has 1 aliphatic rings. The Morgan fingerprint density at radius 1 is 1.31 bits per heavy atom. The third-order valence-corrected chi connectivity index (χ3v) is 4.54. The Kier molecular flexibility index (Phi) is 3.39. The Labute approximate surface area is 97.3 Å². The minimum absolute atomic E-state index is 0.000829. The lowest BCUT2D eigenvalue weighted by Crippen LogP contribution is -2.11. The van der Waals surface area contributed by atoms with Gasteiger partial charge in [0.15, 0.2) is 0 Å². The number of benzene rings is 1. The quantitative estimate of drug-likeness (QED) is 0.808. The van der Waals surface area contributed by atoms with Gasteiger partial charge in [0.05, 0.1) is 17.9 Å². The average molecular weight is 238 g/mol. The minimum atomic E-state index is -1.07. The summed E-state index contributed by atoms with van der Waals surface area (Å²) >= 11 is 0. The highest BCUT2D eigenvalue weighted by Crippen LogP contribution is 2.25. The van der Waals surface area contributed by atoms with Crippen LogP contribution in [0.1, 0.15) is 19.3 Å². The van der Waals surface area contributed by atoms with Crippen LogP contribution in [0, 0.1) is 0 Å². The molecule has 0 bridgehead atoms. The van der Waals surface area contributed by atoms with E-state index in [1.807, 2.05) is 0 Å². The van der Waals surface area contributed by atoms with Crippen molar-refractivity contribution < 1.29 is 13.7 Å². The van der Waals surface area contributed by atoms with Gasteiger partial charge in [-0.05, 0) is 30.7 Å². The molecule has 4 heteroatoms. The fraction of sp³-hybridized carbons (Fsp3) is 0.417. The number of ketones is 1. The lowest BCUT2D eigenvalue weighted by atomic mass is 10.3. The van der Waals surface area contributed by atoms with Gasteiger partial charge in [-0.3, -0.25) is 9.00 Å². The molecule has 0 saturated heterocycles. The molecule has 1 aromatic carbocycles. The zero-order valence-corrected chi connectivity index (χ0v) is 9.96. The standard InChI is InChI=1S/C12H14O3S/c1-15-10-3-6-11(7-4-10)16(14)12-5-2-9(13)8-12/h3-4,6-7,12H,2,5,8H2,1H3. The molecule has 0 amide bonds. The van der Waals surface area contributed by atoms with E-state index in [1.165, 1.54) is 0 Å². The van der Waals surface area contributed by atoms with E-state index in [9.17, 15) is 9.00 Å². The van der Waals surface area contributed by atoms with Gasteiger partial charge < -0.3 is 4.74 Å². The van der Waals surface area contributed by atoms with Gasteiger partial charge in [-0.1, -0.05) is 0 Å². The molecule has 86 valence electrons. The summed E-state index contributed by atoms with van der Waals surface area (Å²) in [4.78, 5) is 11.9. The smallest absolute Gasteiger partial charge is 0.134 e. The molecule has 3 nitrogen and oxygen atoms in total. The predicted molar refractivity (Wildman–Crippen MR) is 62.0 cm³/mol. The monoisotopic (exact) mass is 238 g/mol. The molecule has 16 heavy (non-hydrogen) atoms. The summed E-state index contributed by atoms with van der Waals surface area (Å²) in [5.74, 6) is 0.982. The van der Waals surface area contributed by atoms with E-state index in [-0.39, 0.29) is 11.0 Å². The molecule has 0 heterocycles. The molecular formula is C12H14O3S. The maximum Gasteiger partial charge on any atom is 0.134 e. The lowest BCUT2D eigenvalue weighted by molar-refractivity contribution is -0.117. The Morgan fingerprint density at radius 2 is 2.00 bits per heavy atom. The van der Waals surface area contributed by atoms with Gasteiger partial charge in [0, 0.05) is 23.0 Å². The number of carbonyl (C=O) groups excluding carboxylic acids is 1. The van der Waals surface area contributed by atoms with Gasteiger partial charge in [0.1, 0.15) is 11.5 Å². The molecule has 1 saturated carbocycles. The summed E-state index contributed by atoms with van der Waals surface area (Å²) < 4.78 is 17.1. The Morgan fingerprint density at radius 3 is 2.50 bits per heavy atom. The Bertz CT molecular complexity index is 411. The molecule has 2 unspecified atom stereocenters. The van der Waals surface area contributed by atoms with E-state index >= 15 is 0 Å². The SMILES string of the molecule is COc1ccc(S(=O)C2CCC(=O)C2)cc1. The normalized spacial score (nSPS) is 22.1. The van der Waals surface area contributed by atoms with Crippen LogP contribution in [0.5, 0.6) is 5.75 Å². The Hall–Kier alpha value is -1.16. The molecule has 2 atom stereocenters. The van der Waals surface area contributed by atoms with Gasteiger partial charge in [0.25, 0.3) is 0 Å².